The number of aromatic carboxylic acids is 2. The van der Waals surface area contributed by atoms with Crippen LogP contribution in [0.15, 0.2) is 36.4 Å². The van der Waals surface area contributed by atoms with Gasteiger partial charge < -0.3 is 14.9 Å². The molecule has 0 spiro atoms. The van der Waals surface area contributed by atoms with Crippen molar-refractivity contribution in [2.75, 3.05) is 6.61 Å². The van der Waals surface area contributed by atoms with Gasteiger partial charge in [-0.15, -0.1) is 0 Å². The lowest BCUT2D eigenvalue weighted by Gasteiger charge is -2.01. The molecule has 0 amide bonds. The maximum absolute atomic E-state index is 10.7. The number of ether oxygens (including phenoxy) is 1. The van der Waals surface area contributed by atoms with Gasteiger partial charge >= 0.3 is 17.9 Å². The monoisotopic (exact) mass is 308 g/mol. The Kier molecular flexibility index (Phi) is 8.94. The predicted molar refractivity (Wildman–Crippen MR) is 81.0 cm³/mol. The molecule has 1 aromatic carbocycles. The summed E-state index contributed by atoms with van der Waals surface area (Å²) in [4.78, 5) is 31.4. The van der Waals surface area contributed by atoms with Gasteiger partial charge in [0.1, 0.15) is 0 Å². The molecule has 0 bridgehead atoms. The van der Waals surface area contributed by atoms with Crippen molar-refractivity contribution in [1.29, 1.82) is 0 Å². The number of rotatable bonds is 6. The molecule has 0 aliphatic rings. The smallest absolute Gasteiger partial charge is 0.335 e. The van der Waals surface area contributed by atoms with Crippen molar-refractivity contribution in [2.45, 2.75) is 26.7 Å². The van der Waals surface area contributed by atoms with Gasteiger partial charge in [-0.25, -0.2) is 14.4 Å². The van der Waals surface area contributed by atoms with E-state index in [2.05, 4.69) is 13.5 Å². The first-order chi connectivity index (χ1) is 10.3. The predicted octanol–water partition coefficient (Wildman–Crippen LogP) is 2.99. The molecule has 0 heterocycles. The molecule has 2 N–H and O–H groups in total. The molecule has 0 saturated carbocycles. The molecule has 1 rings (SSSR count). The van der Waals surface area contributed by atoms with E-state index in [0.29, 0.717) is 12.2 Å². The van der Waals surface area contributed by atoms with Gasteiger partial charge in [-0.3, -0.25) is 0 Å². The Morgan fingerprint density at radius 3 is 1.73 bits per heavy atom. The van der Waals surface area contributed by atoms with Gasteiger partial charge in [-0.2, -0.15) is 0 Å². The first kappa shape index (κ1) is 19.4. The van der Waals surface area contributed by atoms with E-state index in [1.165, 1.54) is 24.3 Å². The zero-order valence-corrected chi connectivity index (χ0v) is 12.7. The van der Waals surface area contributed by atoms with Gasteiger partial charge in [-0.05, 0) is 37.6 Å². The first-order valence-electron chi connectivity index (χ1n) is 6.68. The Balaban J connectivity index is 0.000000409. The third kappa shape index (κ3) is 7.84. The standard InChI is InChI=1S/C8H6O4.C8H14O2/c9-7(10)5-1-2-6(4-3-5)8(11)12;1-4-5-6-10-8(9)7(2)3/h1-4H,(H,9,10)(H,11,12);2,4-6H2,1,3H3. The highest BCUT2D eigenvalue weighted by atomic mass is 16.5. The average molecular weight is 308 g/mol. The minimum absolute atomic E-state index is 0.0833. The third-order valence-corrected chi connectivity index (χ3v) is 2.46. The highest BCUT2D eigenvalue weighted by molar-refractivity contribution is 5.91. The molecule has 0 aromatic heterocycles. The van der Waals surface area contributed by atoms with Crippen LogP contribution < -0.4 is 0 Å². The van der Waals surface area contributed by atoms with Crippen LogP contribution in [-0.2, 0) is 9.53 Å². The van der Waals surface area contributed by atoms with Crippen molar-refractivity contribution in [3.8, 4) is 0 Å². The fourth-order valence-electron chi connectivity index (χ4n) is 1.19. The minimum Gasteiger partial charge on any atom is -0.478 e. The maximum atomic E-state index is 10.7. The summed E-state index contributed by atoms with van der Waals surface area (Å²) in [6.07, 6.45) is 1.97. The van der Waals surface area contributed by atoms with Crippen molar-refractivity contribution in [2.24, 2.45) is 0 Å². The summed E-state index contributed by atoms with van der Waals surface area (Å²) in [5.41, 5.74) is 0.635. The lowest BCUT2D eigenvalue weighted by molar-refractivity contribution is -0.139. The average Bonchev–Trinajstić information content (AvgIpc) is 2.48. The number of hydrogen-bond acceptors (Lipinski definition) is 4. The van der Waals surface area contributed by atoms with Crippen LogP contribution in [0.3, 0.4) is 0 Å². The largest absolute Gasteiger partial charge is 0.478 e. The summed E-state index contributed by atoms with van der Waals surface area (Å²) in [6.45, 7) is 7.67. The topological polar surface area (TPSA) is 101 Å². The number of carbonyl (C=O) groups is 3. The number of carbonyl (C=O) groups excluding carboxylic acids is 1. The van der Waals surface area contributed by atoms with E-state index in [0.717, 1.165) is 12.8 Å². The molecule has 120 valence electrons. The van der Waals surface area contributed by atoms with E-state index in [1.54, 1.807) is 6.92 Å². The molecule has 6 heteroatoms. The molecule has 22 heavy (non-hydrogen) atoms. The van der Waals surface area contributed by atoms with Crippen LogP contribution in [0, 0.1) is 0 Å². The Bertz CT molecular complexity index is 497. The number of carboxylic acid groups (broad SMARTS) is 2. The van der Waals surface area contributed by atoms with Gasteiger partial charge in [0.15, 0.2) is 0 Å². The van der Waals surface area contributed by atoms with Crippen LogP contribution in [0.25, 0.3) is 0 Å². The Labute approximate surface area is 129 Å². The van der Waals surface area contributed by atoms with Crippen molar-refractivity contribution in [3.05, 3.63) is 47.5 Å². The zero-order chi connectivity index (χ0) is 17.1. The van der Waals surface area contributed by atoms with Crippen molar-refractivity contribution >= 4 is 17.9 Å². The highest BCUT2D eigenvalue weighted by Crippen LogP contribution is 2.03. The number of hydrogen-bond donors (Lipinski definition) is 2. The summed E-state index contributed by atoms with van der Waals surface area (Å²) < 4.78 is 4.81. The van der Waals surface area contributed by atoms with Gasteiger partial charge in [0.05, 0.1) is 17.7 Å². The Morgan fingerprint density at radius 2 is 1.45 bits per heavy atom. The second kappa shape index (κ2) is 10.1. The van der Waals surface area contributed by atoms with Crippen LogP contribution in [-0.4, -0.2) is 34.7 Å². The fourth-order valence-corrected chi connectivity index (χ4v) is 1.19. The SMILES string of the molecule is C=C(C)C(=O)OCCCC.O=C(O)c1ccc(C(=O)O)cc1. The normalized spacial score (nSPS) is 9.18. The molecule has 0 saturated heterocycles. The van der Waals surface area contributed by atoms with Crippen molar-refractivity contribution in [3.63, 3.8) is 0 Å². The molecule has 0 atom stereocenters. The lowest BCUT2D eigenvalue weighted by atomic mass is 10.1. The van der Waals surface area contributed by atoms with E-state index >= 15 is 0 Å². The molecule has 0 unspecified atom stereocenters. The summed E-state index contributed by atoms with van der Waals surface area (Å²) in [6, 6.07) is 5.02. The van der Waals surface area contributed by atoms with Crippen LogP contribution in [0.4, 0.5) is 0 Å². The Hall–Kier alpha value is -2.63. The number of esters is 1. The summed E-state index contributed by atoms with van der Waals surface area (Å²) >= 11 is 0. The second-order valence-corrected chi connectivity index (χ2v) is 4.46. The van der Waals surface area contributed by atoms with Crippen molar-refractivity contribution < 1.29 is 29.3 Å². The molecule has 1 aromatic rings. The summed E-state index contributed by atoms with van der Waals surface area (Å²) in [5.74, 6) is -2.41. The molecule has 0 aliphatic heterocycles. The van der Waals surface area contributed by atoms with Crippen LogP contribution in [0.1, 0.15) is 47.4 Å². The highest BCUT2D eigenvalue weighted by Gasteiger charge is 2.04. The van der Waals surface area contributed by atoms with E-state index < -0.39 is 11.9 Å². The van der Waals surface area contributed by atoms with E-state index in [-0.39, 0.29) is 17.1 Å². The van der Waals surface area contributed by atoms with Crippen molar-refractivity contribution in [1.82, 2.24) is 0 Å². The lowest BCUT2D eigenvalue weighted by Crippen LogP contribution is -2.05. The van der Waals surface area contributed by atoms with E-state index in [9.17, 15) is 14.4 Å². The van der Waals surface area contributed by atoms with Gasteiger partial charge in [0.25, 0.3) is 0 Å². The first-order valence-corrected chi connectivity index (χ1v) is 6.68. The van der Waals surface area contributed by atoms with Crippen LogP contribution in [0.2, 0.25) is 0 Å². The van der Waals surface area contributed by atoms with E-state index in [4.69, 9.17) is 14.9 Å². The minimum atomic E-state index is -1.06. The van der Waals surface area contributed by atoms with Gasteiger partial charge in [0.2, 0.25) is 0 Å². The fraction of sp³-hybridized carbons (Fsp3) is 0.312. The van der Waals surface area contributed by atoms with Gasteiger partial charge in [0, 0.05) is 5.57 Å². The van der Waals surface area contributed by atoms with E-state index in [1.807, 2.05) is 0 Å². The molecule has 0 radical (unpaired) electrons. The molecule has 6 nitrogen and oxygen atoms in total. The molecular formula is C16H20O6. The van der Waals surface area contributed by atoms with Crippen LogP contribution >= 0.6 is 0 Å². The quantitative estimate of drug-likeness (QED) is 0.476. The maximum Gasteiger partial charge on any atom is 0.335 e. The number of benzene rings is 1. The number of unbranched alkanes of at least 4 members (excludes halogenated alkanes) is 1. The van der Waals surface area contributed by atoms with Gasteiger partial charge in [-0.1, -0.05) is 19.9 Å². The molecule has 0 fully saturated rings. The van der Waals surface area contributed by atoms with Crippen LogP contribution in [0.5, 0.6) is 0 Å². The molecular weight excluding hydrogens is 288 g/mol. The zero-order valence-electron chi connectivity index (χ0n) is 12.7. The summed E-state index contributed by atoms with van der Waals surface area (Å²) in [5, 5.41) is 16.9. The number of carboxylic acids is 2. The Morgan fingerprint density at radius 1 is 1.05 bits per heavy atom. The second-order valence-electron chi connectivity index (χ2n) is 4.46. The molecule has 0 aliphatic carbocycles. The summed E-state index contributed by atoms with van der Waals surface area (Å²) in [7, 11) is 0. The third-order valence-electron chi connectivity index (χ3n) is 2.46.